The Labute approximate surface area is 92.5 Å². The highest BCUT2D eigenvalue weighted by molar-refractivity contribution is 6.31. The van der Waals surface area contributed by atoms with Gasteiger partial charge in [0, 0.05) is 17.1 Å². The topological polar surface area (TPSA) is 90.3 Å². The average molecular weight is 227 g/mol. The molecule has 0 aromatic heterocycles. The molecular formula is C10H11ClN2O2. The first-order valence-electron chi connectivity index (χ1n) is 4.36. The maximum Gasteiger partial charge on any atom is 0.108 e. The first-order valence-corrected chi connectivity index (χ1v) is 4.73. The number of benzene rings is 1. The van der Waals surface area contributed by atoms with Crippen LogP contribution in [0.3, 0.4) is 0 Å². The van der Waals surface area contributed by atoms with Crippen LogP contribution in [0.4, 0.5) is 0 Å². The lowest BCUT2D eigenvalue weighted by Crippen LogP contribution is -2.27. The molecule has 1 rings (SSSR count). The molecule has 0 saturated heterocycles. The van der Waals surface area contributed by atoms with Crippen LogP contribution in [-0.4, -0.2) is 22.9 Å². The summed E-state index contributed by atoms with van der Waals surface area (Å²) in [5, 5.41) is 27.8. The van der Waals surface area contributed by atoms with E-state index in [1.54, 1.807) is 0 Å². The van der Waals surface area contributed by atoms with Gasteiger partial charge in [0.25, 0.3) is 0 Å². The van der Waals surface area contributed by atoms with Crippen molar-refractivity contribution < 1.29 is 10.2 Å². The molecule has 1 aromatic carbocycles. The van der Waals surface area contributed by atoms with Crippen molar-refractivity contribution in [1.29, 1.82) is 5.26 Å². The van der Waals surface area contributed by atoms with Gasteiger partial charge >= 0.3 is 0 Å². The molecule has 0 saturated carbocycles. The third-order valence-corrected chi connectivity index (χ3v) is 2.38. The smallest absolute Gasteiger partial charge is 0.108 e. The fraction of sp³-hybridized carbons (Fsp3) is 0.300. The molecule has 0 bridgehead atoms. The van der Waals surface area contributed by atoms with Crippen LogP contribution in [-0.2, 0) is 0 Å². The van der Waals surface area contributed by atoms with Gasteiger partial charge in [0.15, 0.2) is 0 Å². The largest absolute Gasteiger partial charge is 0.389 e. The normalized spacial score (nSPS) is 14.3. The van der Waals surface area contributed by atoms with Crippen LogP contribution in [0.15, 0.2) is 18.2 Å². The average Bonchev–Trinajstić information content (AvgIpc) is 2.26. The van der Waals surface area contributed by atoms with Crippen LogP contribution in [0, 0.1) is 11.3 Å². The second-order valence-corrected chi connectivity index (χ2v) is 3.50. The minimum absolute atomic E-state index is 0.0580. The molecule has 5 heteroatoms. The molecule has 4 N–H and O–H groups in total. The molecule has 2 unspecified atom stereocenters. The van der Waals surface area contributed by atoms with E-state index in [4.69, 9.17) is 22.6 Å². The van der Waals surface area contributed by atoms with Crippen LogP contribution in [0.2, 0.25) is 5.02 Å². The Morgan fingerprint density at radius 2 is 2.13 bits per heavy atom. The molecule has 0 amide bonds. The van der Waals surface area contributed by atoms with Crippen molar-refractivity contribution in [3.63, 3.8) is 0 Å². The Morgan fingerprint density at radius 1 is 1.47 bits per heavy atom. The second-order valence-electron chi connectivity index (χ2n) is 3.10. The highest BCUT2D eigenvalue weighted by atomic mass is 35.5. The summed E-state index contributed by atoms with van der Waals surface area (Å²) in [6, 6.07) is 6.38. The summed E-state index contributed by atoms with van der Waals surface area (Å²) in [5.41, 5.74) is 5.98. The maximum atomic E-state index is 9.64. The molecule has 0 fully saturated rings. The highest BCUT2D eigenvalue weighted by Crippen LogP contribution is 2.25. The molecule has 0 spiro atoms. The summed E-state index contributed by atoms with van der Waals surface area (Å²) in [4.78, 5) is 0. The lowest BCUT2D eigenvalue weighted by molar-refractivity contribution is 0.0244. The molecule has 4 nitrogen and oxygen atoms in total. The van der Waals surface area contributed by atoms with Gasteiger partial charge in [-0.1, -0.05) is 17.7 Å². The van der Waals surface area contributed by atoms with Crippen molar-refractivity contribution in [2.24, 2.45) is 5.73 Å². The van der Waals surface area contributed by atoms with Gasteiger partial charge in [-0.15, -0.1) is 0 Å². The van der Waals surface area contributed by atoms with Gasteiger partial charge in [-0.25, -0.2) is 0 Å². The van der Waals surface area contributed by atoms with E-state index >= 15 is 0 Å². The number of halogens is 1. The number of aliphatic hydroxyl groups excluding tert-OH is 2. The molecule has 1 aromatic rings. The van der Waals surface area contributed by atoms with E-state index in [9.17, 15) is 10.2 Å². The quantitative estimate of drug-likeness (QED) is 0.703. The maximum absolute atomic E-state index is 9.64. The van der Waals surface area contributed by atoms with Crippen LogP contribution in [0.25, 0.3) is 0 Å². The number of hydrogen-bond acceptors (Lipinski definition) is 4. The Bertz CT molecular complexity index is 389. The Hall–Kier alpha value is -1.12. The third kappa shape index (κ3) is 2.67. The molecule has 15 heavy (non-hydrogen) atoms. The van der Waals surface area contributed by atoms with Crippen LogP contribution < -0.4 is 5.73 Å². The number of rotatable bonds is 3. The van der Waals surface area contributed by atoms with Crippen LogP contribution in [0.5, 0.6) is 0 Å². The number of nitrogens with zero attached hydrogens (tertiary/aromatic N) is 1. The van der Waals surface area contributed by atoms with Crippen LogP contribution in [0.1, 0.15) is 17.2 Å². The van der Waals surface area contributed by atoms with Gasteiger partial charge in [-0.05, 0) is 12.1 Å². The molecule has 0 aliphatic rings. The van der Waals surface area contributed by atoms with Crippen molar-refractivity contribution in [3.05, 3.63) is 34.3 Å². The minimum Gasteiger partial charge on any atom is -0.389 e. The van der Waals surface area contributed by atoms with Crippen molar-refractivity contribution in [2.75, 3.05) is 6.54 Å². The van der Waals surface area contributed by atoms with E-state index in [0.29, 0.717) is 11.1 Å². The standard InChI is InChI=1S/C10H11ClN2O2/c11-8-3-6(4-12)1-2-7(8)10(15)9(14)5-13/h1-3,9-10,14-15H,5,13H2. The summed E-state index contributed by atoms with van der Waals surface area (Å²) in [5.74, 6) is 0. The van der Waals surface area contributed by atoms with E-state index in [2.05, 4.69) is 0 Å². The zero-order chi connectivity index (χ0) is 11.4. The molecular weight excluding hydrogens is 216 g/mol. The third-order valence-electron chi connectivity index (χ3n) is 2.05. The first-order chi connectivity index (χ1) is 7.10. The number of aliphatic hydroxyl groups is 2. The van der Waals surface area contributed by atoms with Gasteiger partial charge in [-0.2, -0.15) is 5.26 Å². The molecule has 0 aliphatic heterocycles. The number of hydrogen-bond donors (Lipinski definition) is 3. The second kappa shape index (κ2) is 5.10. The lowest BCUT2D eigenvalue weighted by Gasteiger charge is -2.17. The fourth-order valence-corrected chi connectivity index (χ4v) is 1.47. The number of nitriles is 1. The van der Waals surface area contributed by atoms with Crippen molar-refractivity contribution in [2.45, 2.75) is 12.2 Å². The monoisotopic (exact) mass is 226 g/mol. The van der Waals surface area contributed by atoms with E-state index in [1.165, 1.54) is 18.2 Å². The van der Waals surface area contributed by atoms with E-state index in [1.807, 2.05) is 6.07 Å². The van der Waals surface area contributed by atoms with Crippen molar-refractivity contribution in [1.82, 2.24) is 0 Å². The minimum atomic E-state index is -1.13. The Morgan fingerprint density at radius 3 is 2.60 bits per heavy atom. The van der Waals surface area contributed by atoms with Crippen molar-refractivity contribution in [3.8, 4) is 6.07 Å². The molecule has 0 radical (unpaired) electrons. The predicted octanol–water partition coefficient (Wildman–Crippen LogP) is 0.565. The summed E-state index contributed by atoms with van der Waals surface area (Å²) in [6.45, 7) is -0.0580. The summed E-state index contributed by atoms with van der Waals surface area (Å²) >= 11 is 5.84. The van der Waals surface area contributed by atoms with Gasteiger partial charge in [0.2, 0.25) is 0 Å². The van der Waals surface area contributed by atoms with Gasteiger partial charge in [0.05, 0.1) is 17.7 Å². The Balaban J connectivity index is 3.01. The molecule has 80 valence electrons. The van der Waals surface area contributed by atoms with Gasteiger partial charge in [0.1, 0.15) is 6.10 Å². The highest BCUT2D eigenvalue weighted by Gasteiger charge is 2.19. The van der Waals surface area contributed by atoms with E-state index < -0.39 is 12.2 Å². The van der Waals surface area contributed by atoms with Gasteiger partial charge in [-0.3, -0.25) is 0 Å². The predicted molar refractivity (Wildman–Crippen MR) is 56.2 cm³/mol. The van der Waals surface area contributed by atoms with Gasteiger partial charge < -0.3 is 15.9 Å². The van der Waals surface area contributed by atoms with Crippen LogP contribution >= 0.6 is 11.6 Å². The Kier molecular flexibility index (Phi) is 4.06. The zero-order valence-electron chi connectivity index (χ0n) is 7.89. The number of nitrogens with two attached hydrogens (primary N) is 1. The SMILES string of the molecule is N#Cc1ccc(C(O)C(O)CN)c(Cl)c1. The van der Waals surface area contributed by atoms with E-state index in [-0.39, 0.29) is 11.6 Å². The lowest BCUT2D eigenvalue weighted by atomic mass is 10.0. The zero-order valence-corrected chi connectivity index (χ0v) is 8.65. The molecule has 2 atom stereocenters. The summed E-state index contributed by atoms with van der Waals surface area (Å²) in [6.07, 6.45) is -2.19. The van der Waals surface area contributed by atoms with E-state index in [0.717, 1.165) is 0 Å². The summed E-state index contributed by atoms with van der Waals surface area (Å²) in [7, 11) is 0. The first kappa shape index (κ1) is 12.0. The molecule has 0 aliphatic carbocycles. The molecule has 0 heterocycles. The fourth-order valence-electron chi connectivity index (χ4n) is 1.17. The van der Waals surface area contributed by atoms with Crippen molar-refractivity contribution >= 4 is 11.6 Å². The summed E-state index contributed by atoms with van der Waals surface area (Å²) < 4.78 is 0.